The van der Waals surface area contributed by atoms with Gasteiger partial charge >= 0.3 is 0 Å². The van der Waals surface area contributed by atoms with Gasteiger partial charge in [0, 0.05) is 22.4 Å². The molecule has 0 saturated carbocycles. The first kappa shape index (κ1) is 16.6. The van der Waals surface area contributed by atoms with Gasteiger partial charge in [0.15, 0.2) is 5.82 Å². The number of thiophene rings is 1. The summed E-state index contributed by atoms with van der Waals surface area (Å²) in [6.07, 6.45) is 0. The van der Waals surface area contributed by atoms with Crippen LogP contribution >= 0.6 is 11.3 Å². The number of rotatable bonds is 5. The molecule has 0 aliphatic rings. The molecule has 3 nitrogen and oxygen atoms in total. The van der Waals surface area contributed by atoms with Crippen molar-refractivity contribution in [3.8, 4) is 17.0 Å². The highest BCUT2D eigenvalue weighted by Gasteiger charge is 2.20. The van der Waals surface area contributed by atoms with Crippen LogP contribution in [0.5, 0.6) is 5.75 Å². The molecule has 2 aromatic heterocycles. The number of ether oxygens (including phenoxy) is 1. The van der Waals surface area contributed by atoms with Gasteiger partial charge in [0.1, 0.15) is 11.4 Å². The minimum absolute atomic E-state index is 0.0898. The van der Waals surface area contributed by atoms with Crippen molar-refractivity contribution in [2.75, 3.05) is 12.4 Å². The molecule has 26 heavy (non-hydrogen) atoms. The Balaban J connectivity index is 1.77. The van der Waals surface area contributed by atoms with E-state index in [2.05, 4.69) is 5.32 Å². The van der Waals surface area contributed by atoms with Gasteiger partial charge in [0.05, 0.1) is 18.3 Å². The van der Waals surface area contributed by atoms with Gasteiger partial charge in [-0.1, -0.05) is 22.7 Å². The lowest BCUT2D eigenvalue weighted by Crippen LogP contribution is -2.01. The Morgan fingerprint density at radius 2 is 1.96 bits per heavy atom. The zero-order valence-corrected chi connectivity index (χ0v) is 14.8. The maximum Gasteiger partial charge on any atom is 0.159 e. The quantitative estimate of drug-likeness (QED) is 0.476. The number of nitrogens with one attached hydrogen (secondary N) is 1. The minimum atomic E-state index is -0.572. The predicted molar refractivity (Wildman–Crippen MR) is 102 cm³/mol. The molecule has 0 saturated heterocycles. The molecule has 1 N–H and O–H groups in total. The number of hydrogen-bond acceptors (Lipinski definition) is 3. The normalized spacial score (nSPS) is 11.0. The molecule has 0 radical (unpaired) electrons. The third kappa shape index (κ3) is 2.82. The molecule has 4 rings (SSSR count). The van der Waals surface area contributed by atoms with E-state index in [0.29, 0.717) is 28.3 Å². The van der Waals surface area contributed by atoms with Gasteiger partial charge in [0.25, 0.3) is 0 Å². The fraction of sp³-hybridized carbons (Fsp3) is 0.100. The van der Waals surface area contributed by atoms with Crippen molar-refractivity contribution in [1.82, 2.24) is 4.79 Å². The van der Waals surface area contributed by atoms with E-state index in [1.807, 2.05) is 17.5 Å². The first-order valence-electron chi connectivity index (χ1n) is 8.09. The Bertz CT molecular complexity index is 1020. The van der Waals surface area contributed by atoms with E-state index in [9.17, 15) is 8.87 Å². The lowest BCUT2D eigenvalue weighted by molar-refractivity contribution is 0.389. The van der Waals surface area contributed by atoms with Crippen LogP contribution in [-0.2, 0) is 6.54 Å². The van der Waals surface area contributed by atoms with Crippen LogP contribution in [0.15, 0.2) is 60.0 Å². The number of halogens is 2. The average molecular weight is 370 g/mol. The highest BCUT2D eigenvalue weighted by molar-refractivity contribution is 7.09. The summed E-state index contributed by atoms with van der Waals surface area (Å²) in [6, 6.07) is 15.6. The summed E-state index contributed by atoms with van der Waals surface area (Å²) in [4.78, 5) is 1.55. The van der Waals surface area contributed by atoms with Crippen LogP contribution in [0.1, 0.15) is 4.88 Å². The van der Waals surface area contributed by atoms with E-state index in [0.717, 1.165) is 4.88 Å². The van der Waals surface area contributed by atoms with E-state index >= 15 is 0 Å². The molecule has 0 unspecified atom stereocenters. The van der Waals surface area contributed by atoms with Gasteiger partial charge in [-0.05, 0) is 41.8 Å². The third-order valence-electron chi connectivity index (χ3n) is 4.26. The summed E-state index contributed by atoms with van der Waals surface area (Å²) in [7, 11) is 1.57. The van der Waals surface area contributed by atoms with Gasteiger partial charge < -0.3 is 10.1 Å². The van der Waals surface area contributed by atoms with E-state index in [4.69, 9.17) is 4.74 Å². The maximum atomic E-state index is 14.8. The van der Waals surface area contributed by atoms with Crippen LogP contribution < -0.4 is 10.1 Å². The number of nitrogens with zero attached hydrogens (tertiary/aromatic N) is 1. The second-order valence-electron chi connectivity index (χ2n) is 5.81. The fourth-order valence-corrected chi connectivity index (χ4v) is 3.64. The van der Waals surface area contributed by atoms with Crippen molar-refractivity contribution in [2.45, 2.75) is 6.54 Å². The van der Waals surface area contributed by atoms with Gasteiger partial charge in [0.2, 0.25) is 0 Å². The van der Waals surface area contributed by atoms with Crippen LogP contribution in [0.25, 0.3) is 22.2 Å². The van der Waals surface area contributed by atoms with Crippen LogP contribution in [0.2, 0.25) is 0 Å². The summed E-state index contributed by atoms with van der Waals surface area (Å²) in [5.41, 5.74) is 1.25. The topological polar surface area (TPSA) is 26.2 Å². The second kappa shape index (κ2) is 6.80. The Labute approximate surface area is 153 Å². The molecule has 0 atom stereocenters. The van der Waals surface area contributed by atoms with Crippen LogP contribution in [-0.4, -0.2) is 11.9 Å². The average Bonchev–Trinajstić information content (AvgIpc) is 3.27. The van der Waals surface area contributed by atoms with Gasteiger partial charge in [-0.25, -0.2) is 4.39 Å². The van der Waals surface area contributed by atoms with Crippen molar-refractivity contribution in [3.63, 3.8) is 0 Å². The number of aromatic nitrogens is 1. The second-order valence-corrected chi connectivity index (χ2v) is 6.84. The Morgan fingerprint density at radius 1 is 1.12 bits per heavy atom. The number of benzene rings is 2. The number of para-hydroxylation sites is 1. The molecule has 2 aromatic carbocycles. The van der Waals surface area contributed by atoms with Crippen molar-refractivity contribution in [2.24, 2.45) is 0 Å². The van der Waals surface area contributed by atoms with Crippen LogP contribution in [0.3, 0.4) is 0 Å². The lowest BCUT2D eigenvalue weighted by Gasteiger charge is -2.12. The summed E-state index contributed by atoms with van der Waals surface area (Å²) >= 11 is 1.64. The Hall–Kier alpha value is -2.86. The van der Waals surface area contributed by atoms with Crippen LogP contribution in [0, 0.1) is 5.82 Å². The number of methoxy groups -OCH3 is 1. The molecule has 2 heterocycles. The van der Waals surface area contributed by atoms with Crippen LogP contribution in [0.4, 0.5) is 14.6 Å². The Morgan fingerprint density at radius 3 is 2.69 bits per heavy atom. The van der Waals surface area contributed by atoms with Gasteiger partial charge in [-0.15, -0.1) is 11.3 Å². The highest BCUT2D eigenvalue weighted by atomic mass is 32.1. The van der Waals surface area contributed by atoms with E-state index < -0.39 is 5.82 Å². The molecule has 4 aromatic rings. The molecule has 0 fully saturated rings. The monoisotopic (exact) mass is 370 g/mol. The molecular formula is C20H16F2N2OS. The maximum absolute atomic E-state index is 14.8. The van der Waals surface area contributed by atoms with Gasteiger partial charge in [-0.2, -0.15) is 4.79 Å². The highest BCUT2D eigenvalue weighted by Crippen LogP contribution is 2.36. The SMILES string of the molecule is COc1ccc(-c2c(F)c3ccccc3n2F)cc1NCc1cccs1. The van der Waals surface area contributed by atoms with Crippen molar-refractivity contribution in [1.29, 1.82) is 0 Å². The van der Waals surface area contributed by atoms with E-state index in [-0.39, 0.29) is 16.6 Å². The predicted octanol–water partition coefficient (Wildman–Crippen LogP) is 5.86. The molecule has 0 bridgehead atoms. The lowest BCUT2D eigenvalue weighted by atomic mass is 10.1. The molecule has 0 amide bonds. The zero-order valence-electron chi connectivity index (χ0n) is 14.0. The molecule has 6 heteroatoms. The van der Waals surface area contributed by atoms with E-state index in [1.165, 1.54) is 0 Å². The van der Waals surface area contributed by atoms with Crippen molar-refractivity contribution >= 4 is 27.9 Å². The van der Waals surface area contributed by atoms with Crippen molar-refractivity contribution in [3.05, 3.63) is 70.7 Å². The standard InChI is InChI=1S/C20H16F2N2OS/c1-25-18-9-8-13(11-16(18)23-12-14-5-4-10-26-14)20-19(21)15-6-2-3-7-17(15)24(20)22/h2-11,23H,12H2,1H3. The smallest absolute Gasteiger partial charge is 0.159 e. The van der Waals surface area contributed by atoms with Gasteiger partial charge in [-0.3, -0.25) is 0 Å². The molecule has 132 valence electrons. The number of hydrogen-bond donors (Lipinski definition) is 1. The molecule has 0 aliphatic heterocycles. The molecular weight excluding hydrogens is 354 g/mol. The largest absolute Gasteiger partial charge is 0.495 e. The minimum Gasteiger partial charge on any atom is -0.495 e. The number of anilines is 1. The molecule has 0 aliphatic carbocycles. The fourth-order valence-electron chi connectivity index (χ4n) is 2.99. The third-order valence-corrected chi connectivity index (χ3v) is 5.14. The van der Waals surface area contributed by atoms with Crippen molar-refractivity contribution < 1.29 is 13.6 Å². The molecule has 0 spiro atoms. The summed E-state index contributed by atoms with van der Waals surface area (Å²) in [6.45, 7) is 0.610. The summed E-state index contributed by atoms with van der Waals surface area (Å²) in [5, 5.41) is 5.54. The summed E-state index contributed by atoms with van der Waals surface area (Å²) < 4.78 is 34.9. The zero-order chi connectivity index (χ0) is 18.1. The first-order valence-corrected chi connectivity index (χ1v) is 8.96. The van der Waals surface area contributed by atoms with E-state index in [1.54, 1.807) is 60.9 Å². The first-order chi connectivity index (χ1) is 12.7. The number of fused-ring (bicyclic) bond motifs is 1. The Kier molecular flexibility index (Phi) is 4.34. The summed E-state index contributed by atoms with van der Waals surface area (Å²) in [5.74, 6) is 0.0460.